The van der Waals surface area contributed by atoms with E-state index in [1.807, 2.05) is 0 Å². The van der Waals surface area contributed by atoms with Crippen LogP contribution >= 0.6 is 23.2 Å². The molecule has 1 rings (SSSR count). The monoisotopic (exact) mass is 214 g/mol. The number of hydrogen-bond donors (Lipinski definition) is 0. The second kappa shape index (κ2) is 2.12. The van der Waals surface area contributed by atoms with Crippen molar-refractivity contribution in [2.75, 3.05) is 0 Å². The van der Waals surface area contributed by atoms with Gasteiger partial charge in [0.05, 0.1) is 0 Å². The van der Waals surface area contributed by atoms with Gasteiger partial charge in [0.2, 0.25) is 0 Å². The molecule has 1 heterocycles. The van der Waals surface area contributed by atoms with Crippen molar-refractivity contribution in [1.82, 2.24) is 0 Å². The van der Waals surface area contributed by atoms with E-state index in [0.29, 0.717) is 0 Å². The molecule has 0 aliphatic carbocycles. The first-order valence-corrected chi connectivity index (χ1v) is 2.96. The van der Waals surface area contributed by atoms with Crippen LogP contribution in [0.4, 0.5) is 17.6 Å². The third-order valence-electron chi connectivity index (χ3n) is 0.833. The number of rotatable bonds is 0. The largest absolute Gasteiger partial charge is 0.493 e. The average Bonchev–Trinajstić information content (AvgIpc) is 1.66. The van der Waals surface area contributed by atoms with Gasteiger partial charge in [-0.3, -0.25) is 0 Å². The van der Waals surface area contributed by atoms with E-state index in [1.165, 1.54) is 0 Å². The van der Waals surface area contributed by atoms with Crippen LogP contribution in [0.5, 0.6) is 0 Å². The summed E-state index contributed by atoms with van der Waals surface area (Å²) in [5.74, 6) is 0. The fourth-order valence-corrected chi connectivity index (χ4v) is 0.695. The lowest BCUT2D eigenvalue weighted by Gasteiger charge is -2.14. The highest BCUT2D eigenvalue weighted by Crippen LogP contribution is 2.52. The van der Waals surface area contributed by atoms with Crippen LogP contribution in [-0.2, 0) is 9.47 Å². The summed E-state index contributed by atoms with van der Waals surface area (Å²) < 4.78 is 54.3. The zero-order valence-corrected chi connectivity index (χ0v) is 6.10. The first-order valence-electron chi connectivity index (χ1n) is 2.20. The zero-order valence-electron chi connectivity index (χ0n) is 4.58. The Morgan fingerprint density at radius 3 is 1.18 bits per heavy atom. The third-order valence-corrected chi connectivity index (χ3v) is 1.57. The maximum absolute atomic E-state index is 12.3. The maximum atomic E-state index is 12.3. The van der Waals surface area contributed by atoms with Gasteiger partial charge in [0.15, 0.2) is 0 Å². The Balaban J connectivity index is 2.89. The van der Waals surface area contributed by atoms with Crippen molar-refractivity contribution < 1.29 is 27.0 Å². The Bertz CT molecular complexity index is 164. The van der Waals surface area contributed by atoms with E-state index >= 15 is 0 Å². The average molecular weight is 215 g/mol. The summed E-state index contributed by atoms with van der Waals surface area (Å²) in [5, 5.41) is -7.75. The summed E-state index contributed by atoms with van der Waals surface area (Å²) in [6, 6.07) is 0. The summed E-state index contributed by atoms with van der Waals surface area (Å²) in [4.78, 5) is 0. The van der Waals surface area contributed by atoms with Crippen LogP contribution in [0.15, 0.2) is 0 Å². The fraction of sp³-hybridized carbons (Fsp3) is 1.00. The van der Waals surface area contributed by atoms with Crippen molar-refractivity contribution in [2.24, 2.45) is 0 Å². The molecule has 0 N–H and O–H groups in total. The lowest BCUT2D eigenvalue weighted by atomic mass is 10.7. The van der Waals surface area contributed by atoms with Crippen LogP contribution in [-0.4, -0.2) is 16.9 Å². The molecule has 0 unspecified atom stereocenters. The highest BCUT2D eigenvalue weighted by Gasteiger charge is 2.71. The summed E-state index contributed by atoms with van der Waals surface area (Å²) in [6.07, 6.45) is -4.45. The first-order chi connectivity index (χ1) is 4.66. The molecule has 0 aromatic carbocycles. The summed E-state index contributed by atoms with van der Waals surface area (Å²) in [6.45, 7) is 0. The molecule has 66 valence electrons. The van der Waals surface area contributed by atoms with Gasteiger partial charge in [-0.25, -0.2) is 9.47 Å². The fourth-order valence-electron chi connectivity index (χ4n) is 0.438. The van der Waals surface area contributed by atoms with Crippen LogP contribution in [0.25, 0.3) is 0 Å². The predicted molar refractivity (Wildman–Crippen MR) is 26.5 cm³/mol. The van der Waals surface area contributed by atoms with Gasteiger partial charge in [-0.05, 0) is 23.2 Å². The predicted octanol–water partition coefficient (Wildman–Crippen LogP) is 2.31. The molecule has 0 spiro atoms. The second-order valence-electron chi connectivity index (χ2n) is 1.70. The molecule has 8 heteroatoms. The van der Waals surface area contributed by atoms with Crippen molar-refractivity contribution in [3.63, 3.8) is 0 Å². The molecule has 0 aromatic rings. The van der Waals surface area contributed by atoms with Crippen molar-refractivity contribution in [3.8, 4) is 0 Å². The Kier molecular flexibility index (Phi) is 1.80. The van der Waals surface area contributed by atoms with E-state index in [4.69, 9.17) is 0 Å². The normalized spacial score (nSPS) is 49.6. The van der Waals surface area contributed by atoms with Gasteiger partial charge in [-0.15, -0.1) is 8.78 Å². The van der Waals surface area contributed by atoms with Crippen LogP contribution in [0.1, 0.15) is 0 Å². The van der Waals surface area contributed by atoms with Crippen LogP contribution in [0.2, 0.25) is 0 Å². The minimum absolute atomic E-state index is 2.99. The number of alkyl halides is 6. The topological polar surface area (TPSA) is 18.5 Å². The summed E-state index contributed by atoms with van der Waals surface area (Å²) in [7, 11) is 0. The molecule has 0 aromatic heterocycles. The second-order valence-corrected chi connectivity index (χ2v) is 2.67. The van der Waals surface area contributed by atoms with Gasteiger partial charge in [-0.2, -0.15) is 8.78 Å². The molecule has 11 heavy (non-hydrogen) atoms. The minimum Gasteiger partial charge on any atom is -0.238 e. The highest BCUT2D eigenvalue weighted by atomic mass is 35.5. The Morgan fingerprint density at radius 1 is 0.818 bits per heavy atom. The van der Waals surface area contributed by atoms with Gasteiger partial charge >= 0.3 is 16.9 Å². The SMILES string of the molecule is FC1(F)O[C@@](F)(Cl)[C@](F)(Cl)O1. The van der Waals surface area contributed by atoms with Crippen LogP contribution in [0, 0.1) is 0 Å². The Labute approximate surface area is 68.0 Å². The molecule has 2 atom stereocenters. The number of ether oxygens (including phenoxy) is 2. The molecule has 0 saturated carbocycles. The van der Waals surface area contributed by atoms with Gasteiger partial charge in [-0.1, -0.05) is 0 Å². The van der Waals surface area contributed by atoms with E-state index < -0.39 is 16.9 Å². The number of hydrogen-bond acceptors (Lipinski definition) is 2. The van der Waals surface area contributed by atoms with Gasteiger partial charge in [0, 0.05) is 0 Å². The zero-order chi connectivity index (χ0) is 8.91. The van der Waals surface area contributed by atoms with Crippen LogP contribution < -0.4 is 0 Å². The maximum Gasteiger partial charge on any atom is 0.493 e. The molecule has 2 nitrogen and oxygen atoms in total. The van der Waals surface area contributed by atoms with Crippen molar-refractivity contribution >= 4 is 23.2 Å². The van der Waals surface area contributed by atoms with E-state index in [9.17, 15) is 17.6 Å². The van der Waals surface area contributed by atoms with E-state index in [1.54, 1.807) is 0 Å². The Hall–Kier alpha value is 0.220. The van der Waals surface area contributed by atoms with Gasteiger partial charge < -0.3 is 0 Å². The smallest absolute Gasteiger partial charge is 0.238 e. The lowest BCUT2D eigenvalue weighted by molar-refractivity contribution is -0.366. The molecule has 1 fully saturated rings. The van der Waals surface area contributed by atoms with Crippen molar-refractivity contribution in [1.29, 1.82) is 0 Å². The Morgan fingerprint density at radius 2 is 1.09 bits per heavy atom. The quantitative estimate of drug-likeness (QED) is 0.455. The molecule has 1 aliphatic heterocycles. The molecule has 1 saturated heterocycles. The van der Waals surface area contributed by atoms with Crippen LogP contribution in [0.3, 0.4) is 0 Å². The number of halogens is 6. The lowest BCUT2D eigenvalue weighted by Crippen LogP contribution is -2.34. The standard InChI is InChI=1S/C3Cl2F4O2/c4-1(6)2(5,7)11-3(8,9)10-1/t1-,2-/m1/s1. The van der Waals surface area contributed by atoms with Crippen molar-refractivity contribution in [3.05, 3.63) is 0 Å². The molecule has 0 bridgehead atoms. The summed E-state index contributed by atoms with van der Waals surface area (Å²) in [5.41, 5.74) is 0. The molecule has 0 amide bonds. The minimum atomic E-state index is -4.45. The van der Waals surface area contributed by atoms with E-state index in [0.717, 1.165) is 0 Å². The van der Waals surface area contributed by atoms with E-state index in [-0.39, 0.29) is 0 Å². The molecular formula is C3Cl2F4O2. The highest BCUT2D eigenvalue weighted by molar-refractivity contribution is 6.32. The molecular weight excluding hydrogens is 215 g/mol. The van der Waals surface area contributed by atoms with Crippen molar-refractivity contribution in [2.45, 2.75) is 16.9 Å². The van der Waals surface area contributed by atoms with Gasteiger partial charge in [0.1, 0.15) is 0 Å². The third kappa shape index (κ3) is 1.53. The molecule has 0 radical (unpaired) electrons. The first kappa shape index (κ1) is 9.31. The summed E-state index contributed by atoms with van der Waals surface area (Å²) >= 11 is 8.89. The van der Waals surface area contributed by atoms with Gasteiger partial charge in [0.25, 0.3) is 0 Å². The molecule has 1 aliphatic rings. The van der Waals surface area contributed by atoms with E-state index in [2.05, 4.69) is 32.7 Å².